The summed E-state index contributed by atoms with van der Waals surface area (Å²) >= 11 is 0. The maximum atomic E-state index is 12.2. The van der Waals surface area contributed by atoms with Gasteiger partial charge in [-0.05, 0) is 29.8 Å². The molecule has 3 N–H and O–H groups in total. The first kappa shape index (κ1) is 26.6. The molecule has 0 atom stereocenters. The minimum atomic E-state index is -1.82. The Morgan fingerprint density at radius 2 is 1.50 bits per heavy atom. The van der Waals surface area contributed by atoms with Crippen LogP contribution >= 0.6 is 0 Å². The van der Waals surface area contributed by atoms with E-state index in [9.17, 15) is 4.79 Å². The lowest BCUT2D eigenvalue weighted by molar-refractivity contribution is -0.159. The van der Waals surface area contributed by atoms with Crippen LogP contribution in [-0.4, -0.2) is 84.2 Å². The van der Waals surface area contributed by atoms with E-state index in [0.717, 1.165) is 50.7 Å². The molecule has 0 bridgehead atoms. The highest BCUT2D eigenvalue weighted by molar-refractivity contribution is 6.27. The zero-order chi connectivity index (χ0) is 24.8. The second kappa shape index (κ2) is 14.5. The van der Waals surface area contributed by atoms with Gasteiger partial charge >= 0.3 is 11.9 Å². The normalized spacial score (nSPS) is 14.1. The van der Waals surface area contributed by atoms with Gasteiger partial charge in [0.1, 0.15) is 5.75 Å². The highest BCUT2D eigenvalue weighted by Crippen LogP contribution is 2.15. The Bertz CT molecular complexity index is 927. The summed E-state index contributed by atoms with van der Waals surface area (Å²) in [6.07, 6.45) is 4.92. The molecule has 1 aliphatic heterocycles. The molecule has 1 saturated heterocycles. The fraction of sp³-hybridized carbons (Fsp3) is 0.320. The molecule has 1 aliphatic rings. The number of hydrogen-bond donors (Lipinski definition) is 3. The van der Waals surface area contributed by atoms with Crippen LogP contribution in [-0.2, 0) is 14.4 Å². The first-order valence-corrected chi connectivity index (χ1v) is 10.9. The van der Waals surface area contributed by atoms with Gasteiger partial charge in [0.05, 0.1) is 7.11 Å². The van der Waals surface area contributed by atoms with Gasteiger partial charge in [-0.1, -0.05) is 42.5 Å². The van der Waals surface area contributed by atoms with E-state index in [1.807, 2.05) is 30.3 Å². The van der Waals surface area contributed by atoms with Crippen molar-refractivity contribution in [2.24, 2.45) is 0 Å². The Morgan fingerprint density at radius 1 is 0.912 bits per heavy atom. The van der Waals surface area contributed by atoms with Crippen LogP contribution in [0.2, 0.25) is 0 Å². The van der Waals surface area contributed by atoms with E-state index in [2.05, 4.69) is 51.5 Å². The molecule has 1 heterocycles. The number of nitrogens with one attached hydrogen (secondary N) is 1. The molecule has 0 saturated carbocycles. The Labute approximate surface area is 199 Å². The van der Waals surface area contributed by atoms with Gasteiger partial charge < -0.3 is 25.2 Å². The second-order valence-corrected chi connectivity index (χ2v) is 7.59. The minimum absolute atomic E-state index is 0.0541. The molecule has 0 aliphatic carbocycles. The number of nitrogens with zero attached hydrogens (tertiary/aromatic N) is 2. The van der Waals surface area contributed by atoms with Crippen molar-refractivity contribution in [1.82, 2.24) is 9.80 Å². The molecule has 9 heteroatoms. The number of benzene rings is 2. The number of ether oxygens (including phenoxy) is 1. The molecule has 3 rings (SSSR count). The van der Waals surface area contributed by atoms with Crippen molar-refractivity contribution in [3.05, 3.63) is 66.2 Å². The molecule has 0 spiro atoms. The molecular formula is C25H31N3O6. The second-order valence-electron chi connectivity index (χ2n) is 7.59. The fourth-order valence-electron chi connectivity index (χ4n) is 3.25. The van der Waals surface area contributed by atoms with E-state index in [1.165, 1.54) is 5.56 Å². The van der Waals surface area contributed by atoms with Crippen LogP contribution in [0.25, 0.3) is 6.08 Å². The molecule has 0 aromatic heterocycles. The largest absolute Gasteiger partial charge is 0.497 e. The monoisotopic (exact) mass is 469 g/mol. The van der Waals surface area contributed by atoms with Crippen molar-refractivity contribution in [3.8, 4) is 5.75 Å². The van der Waals surface area contributed by atoms with Crippen molar-refractivity contribution in [1.29, 1.82) is 0 Å². The number of hydrogen-bond acceptors (Lipinski definition) is 6. The topological polar surface area (TPSA) is 119 Å². The van der Waals surface area contributed by atoms with E-state index in [0.29, 0.717) is 6.42 Å². The predicted octanol–water partition coefficient (Wildman–Crippen LogP) is 2.51. The Balaban J connectivity index is 0.000000604. The zero-order valence-electron chi connectivity index (χ0n) is 19.2. The molecule has 0 radical (unpaired) electrons. The molecular weight excluding hydrogens is 438 g/mol. The summed E-state index contributed by atoms with van der Waals surface area (Å²) < 4.78 is 5.13. The fourth-order valence-corrected chi connectivity index (χ4v) is 3.25. The summed E-state index contributed by atoms with van der Waals surface area (Å²) in [5.74, 6) is -2.81. The quantitative estimate of drug-likeness (QED) is 0.505. The standard InChI is InChI=1S/C23H29N3O2.C2H2O4/c1-28-22-11-9-21(10-12-22)24-23(27)13-15-26-18-16-25(17-19-26)14-5-8-20-6-3-2-4-7-20;3-1(4)2(5)6/h2-12H,13-19H2,1H3,(H,24,27);(H,3,4)(H,5,6)/b8-5+;. The first-order valence-electron chi connectivity index (χ1n) is 10.9. The summed E-state index contributed by atoms with van der Waals surface area (Å²) in [6.45, 7) is 5.87. The predicted molar refractivity (Wildman–Crippen MR) is 130 cm³/mol. The number of anilines is 1. The summed E-state index contributed by atoms with van der Waals surface area (Å²) in [4.78, 5) is 35.2. The molecule has 182 valence electrons. The van der Waals surface area contributed by atoms with Gasteiger partial charge in [-0.15, -0.1) is 0 Å². The van der Waals surface area contributed by atoms with Crippen LogP contribution < -0.4 is 10.1 Å². The molecule has 34 heavy (non-hydrogen) atoms. The van der Waals surface area contributed by atoms with Gasteiger partial charge in [0.2, 0.25) is 5.91 Å². The number of carbonyl (C=O) groups excluding carboxylic acids is 1. The van der Waals surface area contributed by atoms with Gasteiger partial charge in [0.15, 0.2) is 0 Å². The summed E-state index contributed by atoms with van der Waals surface area (Å²) in [6, 6.07) is 17.8. The number of amides is 1. The van der Waals surface area contributed by atoms with E-state index in [4.69, 9.17) is 24.5 Å². The average Bonchev–Trinajstić information content (AvgIpc) is 2.85. The number of carboxylic acids is 2. The number of carboxylic acid groups (broad SMARTS) is 2. The minimum Gasteiger partial charge on any atom is -0.497 e. The van der Waals surface area contributed by atoms with Crippen LogP contribution in [0.1, 0.15) is 12.0 Å². The molecule has 2 aromatic carbocycles. The number of carbonyl (C=O) groups is 3. The third kappa shape index (κ3) is 10.3. The molecule has 1 fully saturated rings. The lowest BCUT2D eigenvalue weighted by atomic mass is 10.2. The van der Waals surface area contributed by atoms with Crippen molar-refractivity contribution in [2.45, 2.75) is 6.42 Å². The zero-order valence-corrected chi connectivity index (χ0v) is 19.2. The maximum Gasteiger partial charge on any atom is 0.414 e. The molecule has 2 aromatic rings. The number of piperazine rings is 1. The van der Waals surface area contributed by atoms with E-state index in [1.54, 1.807) is 7.11 Å². The first-order chi connectivity index (χ1) is 16.4. The maximum absolute atomic E-state index is 12.2. The number of rotatable bonds is 8. The Kier molecular flexibility index (Phi) is 11.3. The molecule has 0 unspecified atom stereocenters. The highest BCUT2D eigenvalue weighted by atomic mass is 16.5. The number of aliphatic carboxylic acids is 2. The van der Waals surface area contributed by atoms with E-state index < -0.39 is 11.9 Å². The Morgan fingerprint density at radius 3 is 2.06 bits per heavy atom. The van der Waals surface area contributed by atoms with Gasteiger partial charge in [0.25, 0.3) is 0 Å². The average molecular weight is 470 g/mol. The van der Waals surface area contributed by atoms with Crippen LogP contribution in [0.5, 0.6) is 5.75 Å². The van der Waals surface area contributed by atoms with Crippen LogP contribution in [0.3, 0.4) is 0 Å². The van der Waals surface area contributed by atoms with Crippen LogP contribution in [0.4, 0.5) is 5.69 Å². The van der Waals surface area contributed by atoms with Gasteiger partial charge in [-0.2, -0.15) is 0 Å². The van der Waals surface area contributed by atoms with Gasteiger partial charge in [0, 0.05) is 51.4 Å². The third-order valence-electron chi connectivity index (χ3n) is 5.15. The van der Waals surface area contributed by atoms with Crippen molar-refractivity contribution in [2.75, 3.05) is 51.7 Å². The smallest absolute Gasteiger partial charge is 0.414 e. The van der Waals surface area contributed by atoms with Gasteiger partial charge in [-0.25, -0.2) is 9.59 Å². The number of methoxy groups -OCH3 is 1. The van der Waals surface area contributed by atoms with Gasteiger partial charge in [-0.3, -0.25) is 9.69 Å². The van der Waals surface area contributed by atoms with Crippen molar-refractivity contribution < 1.29 is 29.3 Å². The van der Waals surface area contributed by atoms with Crippen molar-refractivity contribution >= 4 is 29.6 Å². The van der Waals surface area contributed by atoms with Crippen molar-refractivity contribution in [3.63, 3.8) is 0 Å². The lowest BCUT2D eigenvalue weighted by Gasteiger charge is -2.34. The van der Waals surface area contributed by atoms with E-state index in [-0.39, 0.29) is 5.91 Å². The van der Waals surface area contributed by atoms with E-state index >= 15 is 0 Å². The molecule has 1 amide bonds. The third-order valence-corrected chi connectivity index (χ3v) is 5.15. The molecule has 9 nitrogen and oxygen atoms in total. The summed E-state index contributed by atoms with van der Waals surface area (Å²) in [7, 11) is 1.63. The Hall–Kier alpha value is -3.69. The lowest BCUT2D eigenvalue weighted by Crippen LogP contribution is -2.46. The van der Waals surface area contributed by atoms with Crippen LogP contribution in [0, 0.1) is 0 Å². The SMILES string of the molecule is COc1ccc(NC(=O)CCN2CCN(C/C=C/c3ccccc3)CC2)cc1.O=C(O)C(=O)O. The van der Waals surface area contributed by atoms with Crippen LogP contribution in [0.15, 0.2) is 60.7 Å². The highest BCUT2D eigenvalue weighted by Gasteiger charge is 2.16. The summed E-state index contributed by atoms with van der Waals surface area (Å²) in [5.41, 5.74) is 2.05. The summed E-state index contributed by atoms with van der Waals surface area (Å²) in [5, 5.41) is 17.7.